The second-order valence-electron chi connectivity index (χ2n) is 6.58. The van der Waals surface area contributed by atoms with Gasteiger partial charge in [-0.25, -0.2) is 0 Å². The Morgan fingerprint density at radius 2 is 2.15 bits per heavy atom. The Morgan fingerprint density at radius 3 is 2.81 bits per heavy atom. The van der Waals surface area contributed by atoms with Gasteiger partial charge in [-0.3, -0.25) is 10.2 Å². The highest BCUT2D eigenvalue weighted by Crippen LogP contribution is 2.15. The number of hydrogen-bond donors (Lipinski definition) is 5. The lowest BCUT2D eigenvalue weighted by atomic mass is 10.1. The molecular formula is C19H25ClN6O. The van der Waals surface area contributed by atoms with Gasteiger partial charge >= 0.3 is 0 Å². The van der Waals surface area contributed by atoms with E-state index in [0.717, 1.165) is 36.5 Å². The topological polar surface area (TPSA) is 92.3 Å². The quantitative estimate of drug-likeness (QED) is 0.513. The molecule has 27 heavy (non-hydrogen) atoms. The summed E-state index contributed by atoms with van der Waals surface area (Å²) in [6.07, 6.45) is 5.54. The first-order valence-corrected chi connectivity index (χ1v) is 9.42. The molecule has 0 aliphatic carbocycles. The summed E-state index contributed by atoms with van der Waals surface area (Å²) in [5.74, 6) is 1.24. The van der Waals surface area contributed by atoms with E-state index < -0.39 is 0 Å². The van der Waals surface area contributed by atoms with Gasteiger partial charge in [0.25, 0.3) is 0 Å². The fourth-order valence-corrected chi connectivity index (χ4v) is 3.37. The Labute approximate surface area is 164 Å². The van der Waals surface area contributed by atoms with Crippen LogP contribution in [0.5, 0.6) is 0 Å². The molecule has 0 unspecified atom stereocenters. The molecule has 8 heteroatoms. The molecule has 1 saturated heterocycles. The van der Waals surface area contributed by atoms with Crippen LogP contribution in [0, 0.1) is 5.41 Å². The van der Waals surface area contributed by atoms with Crippen molar-refractivity contribution >= 4 is 29.0 Å². The van der Waals surface area contributed by atoms with Gasteiger partial charge in [0.15, 0.2) is 0 Å². The van der Waals surface area contributed by atoms with Gasteiger partial charge in [-0.2, -0.15) is 0 Å². The summed E-state index contributed by atoms with van der Waals surface area (Å²) in [5, 5.41) is 21.2. The Bertz CT molecular complexity index is 758. The predicted molar refractivity (Wildman–Crippen MR) is 109 cm³/mol. The van der Waals surface area contributed by atoms with Gasteiger partial charge in [0.05, 0.1) is 12.1 Å². The van der Waals surface area contributed by atoms with Crippen molar-refractivity contribution in [2.75, 3.05) is 32.0 Å². The normalized spacial score (nSPS) is 20.9. The monoisotopic (exact) mass is 388 g/mol. The number of piperidine rings is 1. The maximum Gasteiger partial charge on any atom is 0.241 e. The number of rotatable bonds is 6. The molecule has 144 valence electrons. The zero-order chi connectivity index (χ0) is 19.2. The van der Waals surface area contributed by atoms with E-state index in [2.05, 4.69) is 21.3 Å². The van der Waals surface area contributed by atoms with Crippen molar-refractivity contribution in [1.82, 2.24) is 20.9 Å². The van der Waals surface area contributed by atoms with Crippen molar-refractivity contribution in [1.29, 1.82) is 5.41 Å². The van der Waals surface area contributed by atoms with Crippen LogP contribution in [0.1, 0.15) is 12.8 Å². The summed E-state index contributed by atoms with van der Waals surface area (Å²) in [7, 11) is 1.83. The molecule has 1 aromatic carbocycles. The van der Waals surface area contributed by atoms with E-state index in [9.17, 15) is 4.79 Å². The van der Waals surface area contributed by atoms with Crippen LogP contribution >= 0.6 is 11.6 Å². The molecule has 1 aromatic rings. The molecule has 7 nitrogen and oxygen atoms in total. The zero-order valence-corrected chi connectivity index (χ0v) is 16.1. The second kappa shape index (κ2) is 8.81. The lowest BCUT2D eigenvalue weighted by Crippen LogP contribution is -2.50. The van der Waals surface area contributed by atoms with Crippen molar-refractivity contribution in [3.05, 3.63) is 53.0 Å². The number of benzene rings is 1. The van der Waals surface area contributed by atoms with Crippen molar-refractivity contribution in [3.63, 3.8) is 0 Å². The van der Waals surface area contributed by atoms with Gasteiger partial charge in [-0.1, -0.05) is 11.6 Å². The minimum Gasteiger partial charge on any atom is -0.376 e. The van der Waals surface area contributed by atoms with E-state index in [1.807, 2.05) is 30.2 Å². The van der Waals surface area contributed by atoms with Gasteiger partial charge in [-0.15, -0.1) is 0 Å². The molecule has 2 aliphatic rings. The van der Waals surface area contributed by atoms with E-state index in [0.29, 0.717) is 17.4 Å². The molecule has 3 rings (SSSR count). The van der Waals surface area contributed by atoms with E-state index in [4.69, 9.17) is 17.0 Å². The molecular weight excluding hydrogens is 364 g/mol. The number of likely N-dealkylation sites (tertiary alicyclic amines) is 1. The number of carbonyl (C=O) groups excluding carboxylic acids is 1. The Hall–Kier alpha value is -2.67. The van der Waals surface area contributed by atoms with Gasteiger partial charge < -0.3 is 26.2 Å². The largest absolute Gasteiger partial charge is 0.376 e. The minimum atomic E-state index is 0.0743. The highest BCUT2D eigenvalue weighted by atomic mass is 35.5. The average Bonchev–Trinajstić information content (AvgIpc) is 3.11. The lowest BCUT2D eigenvalue weighted by Gasteiger charge is -2.34. The number of carbonyl (C=O) groups is 1. The fourth-order valence-electron chi connectivity index (χ4n) is 3.25. The highest BCUT2D eigenvalue weighted by molar-refractivity contribution is 6.30. The standard InChI is InChI=1S/C19H25ClN6O/c1-22-19(16-8-9-23-18(16)21)25-15-3-2-10-26(12-15)17(27)11-24-14-6-4-13(20)5-7-14/h4-9,15,22,24-25H,2-3,10-12H2,1H3,(H2,21,23)/b19-16+/t15-/m0/s1. The summed E-state index contributed by atoms with van der Waals surface area (Å²) < 4.78 is 0. The maximum absolute atomic E-state index is 12.6. The third-order valence-corrected chi connectivity index (χ3v) is 4.93. The van der Waals surface area contributed by atoms with E-state index in [1.165, 1.54) is 0 Å². The molecule has 0 radical (unpaired) electrons. The van der Waals surface area contributed by atoms with Crippen molar-refractivity contribution < 1.29 is 4.79 Å². The number of anilines is 1. The summed E-state index contributed by atoms with van der Waals surface area (Å²) in [6.45, 7) is 1.66. The Kier molecular flexibility index (Phi) is 6.24. The van der Waals surface area contributed by atoms with Crippen LogP contribution in [0.4, 0.5) is 5.69 Å². The first-order chi connectivity index (χ1) is 13.1. The van der Waals surface area contributed by atoms with Crippen LogP contribution in [0.25, 0.3) is 0 Å². The number of hydrogen-bond acceptors (Lipinski definition) is 5. The number of nitrogens with zero attached hydrogens (tertiary/aromatic N) is 1. The zero-order valence-electron chi connectivity index (χ0n) is 15.3. The van der Waals surface area contributed by atoms with Crippen LogP contribution in [0.15, 0.2) is 47.9 Å². The van der Waals surface area contributed by atoms with E-state index >= 15 is 0 Å². The number of halogens is 1. The molecule has 0 saturated carbocycles. The molecule has 1 amide bonds. The lowest BCUT2D eigenvalue weighted by molar-refractivity contribution is -0.130. The second-order valence-corrected chi connectivity index (χ2v) is 7.01. The molecule has 1 atom stereocenters. The van der Waals surface area contributed by atoms with Crippen LogP contribution in [-0.2, 0) is 4.79 Å². The first-order valence-electron chi connectivity index (χ1n) is 9.04. The molecule has 5 N–H and O–H groups in total. The van der Waals surface area contributed by atoms with Crippen LogP contribution in [-0.4, -0.2) is 49.4 Å². The van der Waals surface area contributed by atoms with Crippen molar-refractivity contribution in [3.8, 4) is 0 Å². The first kappa shape index (κ1) is 19.1. The van der Waals surface area contributed by atoms with Crippen molar-refractivity contribution in [2.45, 2.75) is 18.9 Å². The summed E-state index contributed by atoms with van der Waals surface area (Å²) in [5.41, 5.74) is 1.67. The SMILES string of the molecule is CN/C(N[C@H]1CCCN(C(=O)CNc2ccc(Cl)cc2)C1)=C1/C=CNC1=N. The molecule has 0 aromatic heterocycles. The maximum atomic E-state index is 12.6. The summed E-state index contributed by atoms with van der Waals surface area (Å²) >= 11 is 5.88. The third-order valence-electron chi connectivity index (χ3n) is 4.68. The molecule has 2 heterocycles. The summed E-state index contributed by atoms with van der Waals surface area (Å²) in [6, 6.07) is 7.46. The van der Waals surface area contributed by atoms with Crippen LogP contribution < -0.4 is 21.3 Å². The molecule has 2 aliphatic heterocycles. The third kappa shape index (κ3) is 4.95. The number of amidine groups is 1. The van der Waals surface area contributed by atoms with Crippen LogP contribution in [0.3, 0.4) is 0 Å². The average molecular weight is 389 g/mol. The van der Waals surface area contributed by atoms with Crippen LogP contribution in [0.2, 0.25) is 5.02 Å². The van der Waals surface area contributed by atoms with Gasteiger partial charge in [0.2, 0.25) is 5.91 Å². The fraction of sp³-hybridized carbons (Fsp3) is 0.368. The van der Waals surface area contributed by atoms with Gasteiger partial charge in [0, 0.05) is 43.1 Å². The Morgan fingerprint density at radius 1 is 1.37 bits per heavy atom. The van der Waals surface area contributed by atoms with Crippen molar-refractivity contribution in [2.24, 2.45) is 0 Å². The predicted octanol–water partition coefficient (Wildman–Crippen LogP) is 1.86. The smallest absolute Gasteiger partial charge is 0.241 e. The molecule has 0 bridgehead atoms. The van der Waals surface area contributed by atoms with Gasteiger partial charge in [-0.05, 0) is 43.2 Å². The molecule has 1 fully saturated rings. The number of nitrogens with one attached hydrogen (secondary N) is 5. The van der Waals surface area contributed by atoms with E-state index in [-0.39, 0.29) is 18.5 Å². The van der Waals surface area contributed by atoms with E-state index in [1.54, 1.807) is 18.3 Å². The highest BCUT2D eigenvalue weighted by Gasteiger charge is 2.25. The summed E-state index contributed by atoms with van der Waals surface area (Å²) in [4.78, 5) is 14.5. The molecule has 0 spiro atoms. The minimum absolute atomic E-state index is 0.0743. The Balaban J connectivity index is 1.55. The number of amides is 1. The van der Waals surface area contributed by atoms with Gasteiger partial charge in [0.1, 0.15) is 11.7 Å².